The van der Waals surface area contributed by atoms with Crippen LogP contribution in [0.25, 0.3) is 0 Å². The maximum atomic E-state index is 13.5. The Morgan fingerprint density at radius 1 is 0.877 bits per heavy atom. The molecule has 6 N–H and O–H groups in total. The molecule has 7 amide bonds. The summed E-state index contributed by atoms with van der Waals surface area (Å²) in [5.41, 5.74) is -0.313. The van der Waals surface area contributed by atoms with Crippen LogP contribution in [0.5, 0.6) is 0 Å². The minimum atomic E-state index is -3.45. The van der Waals surface area contributed by atoms with E-state index in [2.05, 4.69) is 31.9 Å². The van der Waals surface area contributed by atoms with Crippen molar-refractivity contribution >= 4 is 73.0 Å². The van der Waals surface area contributed by atoms with E-state index >= 15 is 0 Å². The first kappa shape index (κ1) is 51.2. The zero-order valence-electron chi connectivity index (χ0n) is 37.4. The van der Waals surface area contributed by atoms with Crippen LogP contribution in [0.15, 0.2) is 0 Å². The Hall–Kier alpha value is -3.22. The molecule has 0 bridgehead atoms. The van der Waals surface area contributed by atoms with Gasteiger partial charge in [-0.2, -0.15) is 0 Å². The van der Waals surface area contributed by atoms with Crippen molar-refractivity contribution in [1.29, 1.82) is 0 Å². The van der Waals surface area contributed by atoms with Gasteiger partial charge in [-0.1, -0.05) is 25.7 Å². The molecule has 6 fully saturated rings. The van der Waals surface area contributed by atoms with Crippen molar-refractivity contribution in [1.82, 2.24) is 41.1 Å². The number of nitrogens with one attached hydrogen (secondary N) is 6. The number of thioether (sulfide) groups is 1. The number of sulfone groups is 1. The third-order valence-electron chi connectivity index (χ3n) is 13.6. The van der Waals surface area contributed by atoms with Crippen molar-refractivity contribution in [2.45, 2.75) is 132 Å². The minimum absolute atomic E-state index is 0.0431. The number of carbonyl (C=O) groups excluding carboxylic acids is 7. The van der Waals surface area contributed by atoms with Crippen LogP contribution in [0.3, 0.4) is 0 Å². The van der Waals surface area contributed by atoms with Crippen molar-refractivity contribution in [2.24, 2.45) is 23.7 Å². The molecule has 0 aromatic heterocycles. The summed E-state index contributed by atoms with van der Waals surface area (Å²) in [6.07, 6.45) is 11.1. The lowest BCUT2D eigenvalue weighted by molar-refractivity contribution is -0.151. The molecule has 0 spiro atoms. The summed E-state index contributed by atoms with van der Waals surface area (Å²) in [6.45, 7) is 0.907. The van der Waals surface area contributed by atoms with Gasteiger partial charge in [-0.05, 0) is 76.7 Å². The second kappa shape index (κ2) is 23.7. The SMILES string of the molecule is CS(=O)(=O)N1CCC(C(=O)N[C@@H](COCCCC(=O)NCCCCS(=O)(=O)CCCNC2CCCC3C(=O)N(C4CCC(=O)NC4=O)C(=O)C23)C(=O)NC2NC(C3CCCCC3)CS2)C1. The van der Waals surface area contributed by atoms with Crippen LogP contribution in [-0.2, 0) is 58.2 Å². The van der Waals surface area contributed by atoms with E-state index in [4.69, 9.17) is 4.74 Å². The highest BCUT2D eigenvalue weighted by molar-refractivity contribution is 8.00. The number of hydrogen-bond donors (Lipinski definition) is 6. The number of piperidine rings is 1. The maximum Gasteiger partial charge on any atom is 0.249 e. The van der Waals surface area contributed by atoms with E-state index in [0.717, 1.165) is 16.9 Å². The first-order chi connectivity index (χ1) is 31.0. The predicted octanol–water partition coefficient (Wildman–Crippen LogP) is -0.516. The van der Waals surface area contributed by atoms with Crippen LogP contribution in [0.4, 0.5) is 0 Å². The Morgan fingerprint density at radius 3 is 2.38 bits per heavy atom. The molecule has 366 valence electrons. The number of ether oxygens (including phenoxy) is 1. The van der Waals surface area contributed by atoms with Gasteiger partial charge in [-0.3, -0.25) is 49.1 Å². The molecule has 6 rings (SSSR count). The molecule has 2 aliphatic carbocycles. The van der Waals surface area contributed by atoms with Gasteiger partial charge in [0.1, 0.15) is 27.4 Å². The monoisotopic (exact) mass is 972 g/mol. The zero-order valence-corrected chi connectivity index (χ0v) is 39.8. The summed E-state index contributed by atoms with van der Waals surface area (Å²) in [6, 6.07) is -2.04. The van der Waals surface area contributed by atoms with Crippen LogP contribution in [0.1, 0.15) is 103 Å². The van der Waals surface area contributed by atoms with Crippen molar-refractivity contribution < 1.29 is 55.1 Å². The molecule has 7 unspecified atom stereocenters. The molecular weight excluding hydrogens is 905 g/mol. The highest BCUT2D eigenvalue weighted by Crippen LogP contribution is 2.40. The number of amides is 7. The number of rotatable bonds is 23. The van der Waals surface area contributed by atoms with Gasteiger partial charge in [0, 0.05) is 56.9 Å². The lowest BCUT2D eigenvalue weighted by Gasteiger charge is -2.31. The summed E-state index contributed by atoms with van der Waals surface area (Å²) in [5.74, 6) is -3.37. The molecular formula is C42H68N8O12S3. The van der Waals surface area contributed by atoms with Crippen LogP contribution < -0.4 is 31.9 Å². The molecule has 23 heteroatoms. The van der Waals surface area contributed by atoms with Crippen molar-refractivity contribution in [3.63, 3.8) is 0 Å². The number of nitrogens with zero attached hydrogens (tertiary/aromatic N) is 2. The fourth-order valence-electron chi connectivity index (χ4n) is 10.0. The van der Waals surface area contributed by atoms with Gasteiger partial charge < -0.3 is 26.0 Å². The van der Waals surface area contributed by atoms with E-state index in [1.54, 1.807) is 11.8 Å². The van der Waals surface area contributed by atoms with E-state index in [0.29, 0.717) is 76.4 Å². The summed E-state index contributed by atoms with van der Waals surface area (Å²) < 4.78 is 56.7. The van der Waals surface area contributed by atoms with E-state index in [1.807, 2.05) is 0 Å². The largest absolute Gasteiger partial charge is 0.379 e. The van der Waals surface area contributed by atoms with Gasteiger partial charge in [0.2, 0.25) is 51.4 Å². The number of fused-ring (bicyclic) bond motifs is 1. The highest BCUT2D eigenvalue weighted by Gasteiger charge is 2.55. The molecule has 2 saturated carbocycles. The summed E-state index contributed by atoms with van der Waals surface area (Å²) in [4.78, 5) is 91.0. The smallest absolute Gasteiger partial charge is 0.249 e. The summed E-state index contributed by atoms with van der Waals surface area (Å²) >= 11 is 1.62. The Kier molecular flexibility index (Phi) is 18.6. The van der Waals surface area contributed by atoms with E-state index in [1.165, 1.54) is 36.4 Å². The topological polar surface area (TPSA) is 276 Å². The Balaban J connectivity index is 0.844. The molecule has 4 aliphatic heterocycles. The van der Waals surface area contributed by atoms with E-state index in [-0.39, 0.29) is 80.4 Å². The first-order valence-electron chi connectivity index (χ1n) is 23.4. The number of hydrogen-bond acceptors (Lipinski definition) is 15. The molecule has 0 aromatic carbocycles. The van der Waals surface area contributed by atoms with Crippen molar-refractivity contribution in [3.05, 3.63) is 0 Å². The lowest BCUT2D eigenvalue weighted by Crippen LogP contribution is -2.55. The molecule has 0 radical (unpaired) electrons. The van der Waals surface area contributed by atoms with Gasteiger partial charge in [-0.15, -0.1) is 11.8 Å². The first-order valence-corrected chi connectivity index (χ1v) is 28.1. The van der Waals surface area contributed by atoms with Crippen molar-refractivity contribution in [3.8, 4) is 0 Å². The number of imide groups is 2. The standard InChI is InChI=1S/C42H68N8O12S3/c1-64(58,59)49-20-17-28(24-49)37(53)45-31(38(54)48-42-46-32(26-63-42)27-10-3-2-4-11-27)25-62-21-8-14-34(51)44-18-5-6-22-65(60,61)23-9-19-43-30-13-7-12-29-36(30)41(57)50(40(29)56)33-15-16-35(52)47-39(33)55/h27-33,36,42-43,46H,2-26H2,1H3,(H,44,51)(H,45,53)(H,48,54)(H,47,52,55)/t28?,29?,30?,31-,32?,33?,36?,42?/m0/s1. The van der Waals surface area contributed by atoms with Crippen LogP contribution in [0.2, 0.25) is 0 Å². The number of carbonyl (C=O) groups is 7. The molecule has 0 aromatic rings. The van der Waals surface area contributed by atoms with Gasteiger partial charge in [0.05, 0.1) is 42.1 Å². The lowest BCUT2D eigenvalue weighted by atomic mass is 9.77. The zero-order chi connectivity index (χ0) is 46.7. The third-order valence-corrected chi connectivity index (χ3v) is 17.9. The number of likely N-dealkylation sites (tertiary alicyclic amines) is 1. The quantitative estimate of drug-likeness (QED) is 0.0556. The van der Waals surface area contributed by atoms with Crippen LogP contribution in [0, 0.1) is 23.7 Å². The average molecular weight is 973 g/mol. The minimum Gasteiger partial charge on any atom is -0.379 e. The third kappa shape index (κ3) is 14.4. The fraction of sp³-hybridized carbons (Fsp3) is 0.833. The second-order valence-corrected chi connectivity index (χ2v) is 23.9. The van der Waals surface area contributed by atoms with E-state index in [9.17, 15) is 50.4 Å². The Bertz CT molecular complexity index is 1970. The van der Waals surface area contributed by atoms with Gasteiger partial charge >= 0.3 is 0 Å². The molecule has 6 aliphatic rings. The molecule has 65 heavy (non-hydrogen) atoms. The summed E-state index contributed by atoms with van der Waals surface area (Å²) in [5, 5.41) is 17.6. The molecule has 4 saturated heterocycles. The molecule has 8 atom stereocenters. The van der Waals surface area contributed by atoms with Gasteiger partial charge in [0.25, 0.3) is 0 Å². The normalized spacial score (nSPS) is 28.5. The van der Waals surface area contributed by atoms with E-state index < -0.39 is 79.2 Å². The molecule has 4 heterocycles. The average Bonchev–Trinajstić information content (AvgIpc) is 4.02. The van der Waals surface area contributed by atoms with Gasteiger partial charge in [-0.25, -0.2) is 21.1 Å². The number of unbranched alkanes of at least 4 members (excludes halogenated alkanes) is 1. The Morgan fingerprint density at radius 2 is 1.65 bits per heavy atom. The number of sulfonamides is 1. The van der Waals surface area contributed by atoms with Gasteiger partial charge in [0.15, 0.2) is 0 Å². The van der Waals surface area contributed by atoms with Crippen LogP contribution in [-0.4, -0.2) is 160 Å². The predicted molar refractivity (Wildman–Crippen MR) is 241 cm³/mol. The van der Waals surface area contributed by atoms with Crippen molar-refractivity contribution in [2.75, 3.05) is 62.9 Å². The maximum absolute atomic E-state index is 13.5. The van der Waals surface area contributed by atoms with Crippen LogP contribution >= 0.6 is 11.8 Å². The Labute approximate surface area is 386 Å². The highest BCUT2D eigenvalue weighted by atomic mass is 32.2. The fourth-order valence-corrected chi connectivity index (χ4v) is 13.6. The second-order valence-electron chi connectivity index (χ2n) is 18.4. The summed E-state index contributed by atoms with van der Waals surface area (Å²) in [7, 11) is -6.83. The molecule has 20 nitrogen and oxygen atoms in total.